The molecule has 11 nitrogen and oxygen atoms in total. The number of nitrogens with two attached hydrogens (primary N) is 1. The van der Waals surface area contributed by atoms with Gasteiger partial charge in [0.05, 0.1) is 22.0 Å². The molecule has 0 atom stereocenters. The number of benzene rings is 1. The molecule has 0 saturated heterocycles. The number of nitrogens with one attached hydrogen (secondary N) is 1. The smallest absolute Gasteiger partial charge is 0.293 e. The second kappa shape index (κ2) is 8.33. The lowest BCUT2D eigenvalue weighted by atomic mass is 10.2. The summed E-state index contributed by atoms with van der Waals surface area (Å²) in [5.74, 6) is -0.397. The Balaban J connectivity index is 1.83. The third kappa shape index (κ3) is 4.27. The molecule has 0 aliphatic heterocycles. The highest BCUT2D eigenvalue weighted by atomic mass is 35.5. The van der Waals surface area contributed by atoms with Crippen LogP contribution in [0.2, 0.25) is 10.0 Å². The first-order valence-electron chi connectivity index (χ1n) is 7.83. The number of hydrogen-bond acceptors (Lipinski definition) is 9. The summed E-state index contributed by atoms with van der Waals surface area (Å²) in [6.07, 6.45) is 1.43. The predicted molar refractivity (Wildman–Crippen MR) is 103 cm³/mol. The average molecular weight is 424 g/mol. The number of hydrogen-bond donors (Lipinski definition) is 2. The van der Waals surface area contributed by atoms with Crippen molar-refractivity contribution in [1.29, 1.82) is 0 Å². The maximum atomic E-state index is 12.5. The van der Waals surface area contributed by atoms with Crippen molar-refractivity contribution in [1.82, 2.24) is 35.6 Å². The fourth-order valence-electron chi connectivity index (χ4n) is 2.24. The third-order valence-corrected chi connectivity index (χ3v) is 4.20. The van der Waals surface area contributed by atoms with E-state index in [-0.39, 0.29) is 17.3 Å². The van der Waals surface area contributed by atoms with Gasteiger partial charge in [-0.2, -0.15) is 9.78 Å². The molecule has 1 aromatic carbocycles. The number of hydrazone groups is 1. The summed E-state index contributed by atoms with van der Waals surface area (Å²) in [5, 5.41) is 19.8. The van der Waals surface area contributed by atoms with Crippen molar-refractivity contribution in [2.24, 2.45) is 5.10 Å². The molecule has 146 valence electrons. The molecule has 0 radical (unpaired) electrons. The van der Waals surface area contributed by atoms with E-state index in [4.69, 9.17) is 28.9 Å². The largest absolute Gasteiger partial charge is 0.378 e. The van der Waals surface area contributed by atoms with Crippen LogP contribution in [0.3, 0.4) is 0 Å². The van der Waals surface area contributed by atoms with Gasteiger partial charge in [-0.3, -0.25) is 4.79 Å². The lowest BCUT2D eigenvalue weighted by molar-refractivity contribution is 0.0948. The average Bonchev–Trinajstić information content (AvgIpc) is 3.23. The van der Waals surface area contributed by atoms with Crippen LogP contribution in [-0.2, 0) is 6.54 Å². The molecule has 13 heteroatoms. The summed E-state index contributed by atoms with van der Waals surface area (Å²) in [6, 6.07) is 4.95. The van der Waals surface area contributed by atoms with Gasteiger partial charge < -0.3 is 10.6 Å². The van der Waals surface area contributed by atoms with E-state index in [1.54, 1.807) is 18.2 Å². The second-order valence-electron chi connectivity index (χ2n) is 5.88. The number of rotatable bonds is 6. The number of amides is 1. The Morgan fingerprint density at radius 2 is 2.14 bits per heavy atom. The Kier molecular flexibility index (Phi) is 5.87. The Bertz CT molecular complexity index is 1030. The monoisotopic (exact) mass is 423 g/mol. The first-order chi connectivity index (χ1) is 13.4. The maximum Gasteiger partial charge on any atom is 0.293 e. The number of halogens is 2. The van der Waals surface area contributed by atoms with Crippen LogP contribution in [0.1, 0.15) is 21.7 Å². The zero-order valence-electron chi connectivity index (χ0n) is 14.8. The van der Waals surface area contributed by atoms with Crippen LogP contribution in [0.15, 0.2) is 27.9 Å². The van der Waals surface area contributed by atoms with Crippen LogP contribution < -0.4 is 11.2 Å². The minimum atomic E-state index is -0.561. The van der Waals surface area contributed by atoms with Gasteiger partial charge in [0.1, 0.15) is 0 Å². The number of carbonyl (C=O) groups is 1. The van der Waals surface area contributed by atoms with Crippen molar-refractivity contribution < 1.29 is 9.42 Å². The Morgan fingerprint density at radius 1 is 1.36 bits per heavy atom. The number of nitrogen functional groups attached to an aromatic ring is 1. The lowest BCUT2D eigenvalue weighted by Crippen LogP contribution is -2.23. The topological polar surface area (TPSA) is 140 Å². The van der Waals surface area contributed by atoms with Crippen LogP contribution in [-0.4, -0.2) is 56.4 Å². The molecule has 3 rings (SSSR count). The summed E-state index contributed by atoms with van der Waals surface area (Å²) in [4.78, 5) is 14.4. The fraction of sp³-hybridized carbons (Fsp3) is 0.200. The van der Waals surface area contributed by atoms with Crippen molar-refractivity contribution in [2.45, 2.75) is 6.54 Å². The molecular formula is C15H15Cl2N9O2. The van der Waals surface area contributed by atoms with Gasteiger partial charge in [-0.05, 0) is 42.1 Å². The van der Waals surface area contributed by atoms with E-state index in [0.717, 1.165) is 0 Å². The molecule has 0 bridgehead atoms. The molecule has 0 saturated carbocycles. The van der Waals surface area contributed by atoms with Gasteiger partial charge in [-0.15, -0.1) is 5.10 Å². The second-order valence-corrected chi connectivity index (χ2v) is 6.69. The van der Waals surface area contributed by atoms with Crippen LogP contribution in [0.25, 0.3) is 5.82 Å². The summed E-state index contributed by atoms with van der Waals surface area (Å²) in [7, 11) is 3.65. The molecule has 3 aromatic rings. The summed E-state index contributed by atoms with van der Waals surface area (Å²) >= 11 is 11.8. The summed E-state index contributed by atoms with van der Waals surface area (Å²) < 4.78 is 5.88. The zero-order chi connectivity index (χ0) is 20.3. The molecule has 0 fully saturated rings. The van der Waals surface area contributed by atoms with Gasteiger partial charge in [0.25, 0.3) is 5.91 Å². The van der Waals surface area contributed by atoms with Crippen molar-refractivity contribution in [3.05, 3.63) is 45.2 Å². The fourth-order valence-corrected chi connectivity index (χ4v) is 2.54. The van der Waals surface area contributed by atoms with Crippen molar-refractivity contribution in [2.75, 3.05) is 19.8 Å². The minimum absolute atomic E-state index is 0.0227. The maximum absolute atomic E-state index is 12.5. The van der Waals surface area contributed by atoms with E-state index in [2.05, 4.69) is 35.8 Å². The van der Waals surface area contributed by atoms with Crippen LogP contribution in [0, 0.1) is 0 Å². The Morgan fingerprint density at radius 3 is 2.79 bits per heavy atom. The predicted octanol–water partition coefficient (Wildman–Crippen LogP) is 1.36. The third-order valence-electron chi connectivity index (χ3n) is 3.46. The van der Waals surface area contributed by atoms with E-state index in [0.29, 0.717) is 27.8 Å². The summed E-state index contributed by atoms with van der Waals surface area (Å²) in [6.45, 7) is 0.332. The van der Waals surface area contributed by atoms with E-state index in [1.807, 2.05) is 19.0 Å². The molecule has 0 unspecified atom stereocenters. The van der Waals surface area contributed by atoms with E-state index in [1.165, 1.54) is 10.9 Å². The number of aromatic nitrogens is 5. The van der Waals surface area contributed by atoms with E-state index < -0.39 is 5.91 Å². The minimum Gasteiger partial charge on any atom is -0.378 e. The van der Waals surface area contributed by atoms with Gasteiger partial charge in [-0.1, -0.05) is 34.5 Å². The van der Waals surface area contributed by atoms with Gasteiger partial charge in [0.2, 0.25) is 11.6 Å². The molecule has 3 N–H and O–H groups in total. The molecule has 0 aliphatic carbocycles. The molecule has 0 spiro atoms. The first-order valence-corrected chi connectivity index (χ1v) is 8.58. The number of anilines is 1. The van der Waals surface area contributed by atoms with E-state index >= 15 is 0 Å². The van der Waals surface area contributed by atoms with Crippen molar-refractivity contribution >= 4 is 41.1 Å². The van der Waals surface area contributed by atoms with Gasteiger partial charge in [-0.25, -0.2) is 10.1 Å². The Hall–Kier alpha value is -3.02. The van der Waals surface area contributed by atoms with Crippen molar-refractivity contribution in [3.63, 3.8) is 0 Å². The molecule has 28 heavy (non-hydrogen) atoms. The van der Waals surface area contributed by atoms with Gasteiger partial charge >= 0.3 is 0 Å². The molecular weight excluding hydrogens is 409 g/mol. The van der Waals surface area contributed by atoms with Gasteiger partial charge in [0.15, 0.2) is 5.69 Å². The van der Waals surface area contributed by atoms with E-state index in [9.17, 15) is 4.79 Å². The number of nitrogens with zero attached hydrogens (tertiary/aromatic N) is 7. The summed E-state index contributed by atoms with van der Waals surface area (Å²) in [5.41, 5.74) is 9.27. The highest BCUT2D eigenvalue weighted by Gasteiger charge is 2.24. The normalized spacial score (nSPS) is 11.5. The SMILES string of the molecule is CN(C)Cc1c(C(=O)N/N=C\c2ccc(Cl)c(Cl)c2)nnn1-c1nonc1N. The number of carbonyl (C=O) groups excluding carboxylic acids is 1. The highest BCUT2D eigenvalue weighted by molar-refractivity contribution is 6.42. The highest BCUT2D eigenvalue weighted by Crippen LogP contribution is 2.21. The molecule has 1 amide bonds. The van der Waals surface area contributed by atoms with Gasteiger partial charge in [0, 0.05) is 6.54 Å². The molecule has 0 aliphatic rings. The first kappa shape index (κ1) is 19.7. The molecule has 2 heterocycles. The zero-order valence-corrected chi connectivity index (χ0v) is 16.3. The quantitative estimate of drug-likeness (QED) is 0.447. The van der Waals surface area contributed by atoms with Crippen LogP contribution >= 0.6 is 23.2 Å². The molecule has 2 aromatic heterocycles. The van der Waals surface area contributed by atoms with Crippen LogP contribution in [0.5, 0.6) is 0 Å². The van der Waals surface area contributed by atoms with Crippen LogP contribution in [0.4, 0.5) is 5.82 Å². The lowest BCUT2D eigenvalue weighted by Gasteiger charge is -2.11. The Labute approximate surface area is 169 Å². The standard InChI is InChI=1S/C15H15Cl2N9O2/c1-25(2)7-11-12(20-24-26(11)14-13(18)22-28-23-14)15(27)21-19-6-8-3-4-9(16)10(17)5-8/h3-6H,7H2,1-2H3,(H2,18,22)(H,21,27)/b19-6-. The van der Waals surface area contributed by atoms with Crippen molar-refractivity contribution in [3.8, 4) is 5.82 Å².